The van der Waals surface area contributed by atoms with E-state index in [9.17, 15) is 27.6 Å². The van der Waals surface area contributed by atoms with Crippen LogP contribution in [0, 0.1) is 5.92 Å². The van der Waals surface area contributed by atoms with Gasteiger partial charge in [-0.05, 0) is 49.2 Å². The molecule has 2 fully saturated rings. The number of carbonyl (C=O) groups is 3. The van der Waals surface area contributed by atoms with Crippen LogP contribution >= 0.6 is 0 Å². The largest absolute Gasteiger partial charge is 0.469 e. The number of anilines is 2. The molecule has 2 N–H and O–H groups in total. The van der Waals surface area contributed by atoms with Crippen LogP contribution < -0.4 is 15.5 Å². The third-order valence-corrected chi connectivity index (χ3v) is 7.51. The summed E-state index contributed by atoms with van der Waals surface area (Å²) in [5.74, 6) is -3.44. The number of amides is 3. The molecule has 2 aromatic carbocycles. The van der Waals surface area contributed by atoms with Gasteiger partial charge in [-0.2, -0.15) is 13.2 Å². The summed E-state index contributed by atoms with van der Waals surface area (Å²) in [5.41, 5.74) is 0.581. The second-order valence-corrected chi connectivity index (χ2v) is 10.2. The number of nitrogens with one attached hydrogen (secondary N) is 2. The zero-order chi connectivity index (χ0) is 29.9. The van der Waals surface area contributed by atoms with Crippen LogP contribution in [0.3, 0.4) is 0 Å². The van der Waals surface area contributed by atoms with Gasteiger partial charge in [0.15, 0.2) is 5.69 Å². The monoisotopic (exact) mass is 585 g/mol. The number of methoxy groups -OCH3 is 1. The van der Waals surface area contributed by atoms with Crippen molar-refractivity contribution in [2.75, 3.05) is 43.5 Å². The summed E-state index contributed by atoms with van der Waals surface area (Å²) in [6, 6.07) is 14.2. The molecule has 1 unspecified atom stereocenters. The summed E-state index contributed by atoms with van der Waals surface area (Å²) >= 11 is 0. The first-order valence-electron chi connectivity index (χ1n) is 13.6. The molecular formula is C29H30F3N5O5. The lowest BCUT2D eigenvalue weighted by atomic mass is 10.0. The van der Waals surface area contributed by atoms with Crippen molar-refractivity contribution in [3.63, 3.8) is 0 Å². The number of oxazole rings is 1. The molecule has 5 rings (SSSR count). The lowest BCUT2D eigenvalue weighted by Gasteiger charge is -2.37. The summed E-state index contributed by atoms with van der Waals surface area (Å²) in [6.45, 7) is 2.05. The van der Waals surface area contributed by atoms with Gasteiger partial charge >= 0.3 is 18.2 Å². The smallest absolute Gasteiger partial charge is 0.452 e. The number of nitrogens with zero attached hydrogens (tertiary/aromatic N) is 3. The number of carbonyl (C=O) groups excluding carboxylic acids is 3. The van der Waals surface area contributed by atoms with Gasteiger partial charge in [0.1, 0.15) is 0 Å². The summed E-state index contributed by atoms with van der Waals surface area (Å²) in [4.78, 5) is 45.2. The van der Waals surface area contributed by atoms with Crippen LogP contribution in [-0.4, -0.2) is 67.1 Å². The standard InChI is InChI=1S/C29H30F3N5O5/c1-41-27(39)21-8-5-9-22(21)34-28(40)37-16-14-36(15-17-37)20-12-10-19(11-13-20)33-25(38)23-24(29(30,31)32)42-26(35-23)18-6-3-2-4-7-18/h2-4,6-7,10-13,21-22H,5,8-9,14-17H2,1H3,(H,33,38)(H,34,40)/t21-,22?/m0/s1. The Hall–Kier alpha value is -4.55. The van der Waals surface area contributed by atoms with Crippen molar-refractivity contribution in [3.05, 3.63) is 66.1 Å². The maximum atomic E-state index is 13.6. The Bertz CT molecular complexity index is 1420. The molecule has 0 spiro atoms. The van der Waals surface area contributed by atoms with Gasteiger partial charge in [0.2, 0.25) is 11.7 Å². The number of piperazine rings is 1. The number of rotatable bonds is 6. The Morgan fingerprint density at radius 2 is 1.67 bits per heavy atom. The molecule has 1 aliphatic carbocycles. The van der Waals surface area contributed by atoms with Gasteiger partial charge in [0, 0.05) is 49.2 Å². The van der Waals surface area contributed by atoms with E-state index in [2.05, 4.69) is 20.5 Å². The molecule has 1 saturated carbocycles. The van der Waals surface area contributed by atoms with E-state index in [1.165, 1.54) is 19.2 Å². The molecule has 0 bridgehead atoms. The molecule has 42 heavy (non-hydrogen) atoms. The lowest BCUT2D eigenvalue weighted by molar-refractivity contribution is -0.153. The molecule has 2 aliphatic rings. The van der Waals surface area contributed by atoms with E-state index in [1.54, 1.807) is 47.4 Å². The van der Waals surface area contributed by atoms with Crippen molar-refractivity contribution < 1.29 is 36.7 Å². The summed E-state index contributed by atoms with van der Waals surface area (Å²) in [6.07, 6.45) is -2.63. The normalized spacial score (nSPS) is 19.0. The zero-order valence-electron chi connectivity index (χ0n) is 22.8. The molecule has 10 nitrogen and oxygen atoms in total. The van der Waals surface area contributed by atoms with Gasteiger partial charge in [-0.15, -0.1) is 0 Å². The molecule has 3 amide bonds. The molecule has 13 heteroatoms. The molecule has 1 aliphatic heterocycles. The Labute approximate surface area is 239 Å². The van der Waals surface area contributed by atoms with E-state index in [-0.39, 0.29) is 35.5 Å². The number of hydrogen-bond donors (Lipinski definition) is 2. The van der Waals surface area contributed by atoms with Crippen LogP contribution in [0.5, 0.6) is 0 Å². The van der Waals surface area contributed by atoms with Crippen molar-refractivity contribution in [1.82, 2.24) is 15.2 Å². The van der Waals surface area contributed by atoms with Crippen molar-refractivity contribution in [2.24, 2.45) is 5.92 Å². The van der Waals surface area contributed by atoms with Gasteiger partial charge in [-0.3, -0.25) is 9.59 Å². The third kappa shape index (κ3) is 6.34. The first-order chi connectivity index (χ1) is 20.1. The van der Waals surface area contributed by atoms with Gasteiger partial charge in [-0.1, -0.05) is 24.6 Å². The topological polar surface area (TPSA) is 117 Å². The zero-order valence-corrected chi connectivity index (χ0v) is 22.8. The fraction of sp³-hybridized carbons (Fsp3) is 0.379. The van der Waals surface area contributed by atoms with E-state index in [4.69, 9.17) is 9.15 Å². The highest BCUT2D eigenvalue weighted by Gasteiger charge is 2.42. The lowest BCUT2D eigenvalue weighted by Crippen LogP contribution is -2.54. The number of urea groups is 1. The maximum Gasteiger partial charge on any atom is 0.452 e. The van der Waals surface area contributed by atoms with E-state index in [0.717, 1.165) is 18.5 Å². The number of esters is 1. The quantitative estimate of drug-likeness (QED) is 0.400. The van der Waals surface area contributed by atoms with Gasteiger partial charge in [0.05, 0.1) is 13.0 Å². The SMILES string of the molecule is COC(=O)[C@H]1CCCC1NC(=O)N1CCN(c2ccc(NC(=O)c3nc(-c4ccccc4)oc3C(F)(F)F)cc2)CC1. The van der Waals surface area contributed by atoms with E-state index >= 15 is 0 Å². The molecule has 222 valence electrons. The van der Waals surface area contributed by atoms with Gasteiger partial charge < -0.3 is 29.6 Å². The van der Waals surface area contributed by atoms with E-state index in [1.807, 2.05) is 0 Å². The average molecular weight is 586 g/mol. The highest BCUT2D eigenvalue weighted by molar-refractivity contribution is 6.04. The van der Waals surface area contributed by atoms with Crippen LogP contribution in [-0.2, 0) is 15.7 Å². The number of hydrogen-bond acceptors (Lipinski definition) is 7. The minimum absolute atomic E-state index is 0.213. The minimum Gasteiger partial charge on any atom is -0.469 e. The van der Waals surface area contributed by atoms with Crippen LogP contribution in [0.25, 0.3) is 11.5 Å². The highest BCUT2D eigenvalue weighted by atomic mass is 19.4. The second kappa shape index (κ2) is 12.1. The molecule has 1 aromatic heterocycles. The predicted octanol–water partition coefficient (Wildman–Crippen LogP) is 4.79. The van der Waals surface area contributed by atoms with Gasteiger partial charge in [-0.25, -0.2) is 9.78 Å². The van der Waals surface area contributed by atoms with Crippen LogP contribution in [0.15, 0.2) is 59.0 Å². The third-order valence-electron chi connectivity index (χ3n) is 7.51. The summed E-state index contributed by atoms with van der Waals surface area (Å²) < 4.78 is 50.6. The summed E-state index contributed by atoms with van der Waals surface area (Å²) in [7, 11) is 1.35. The van der Waals surface area contributed by atoms with Crippen molar-refractivity contribution in [2.45, 2.75) is 31.5 Å². The number of ether oxygens (including phenoxy) is 1. The van der Waals surface area contributed by atoms with E-state index in [0.29, 0.717) is 38.2 Å². The maximum absolute atomic E-state index is 13.6. The molecule has 0 radical (unpaired) electrons. The minimum atomic E-state index is -4.91. The predicted molar refractivity (Wildman–Crippen MR) is 147 cm³/mol. The first kappa shape index (κ1) is 29.0. The fourth-order valence-corrected chi connectivity index (χ4v) is 5.30. The Balaban J connectivity index is 1.18. The second-order valence-electron chi connectivity index (χ2n) is 10.2. The molecule has 3 aromatic rings. The van der Waals surface area contributed by atoms with Crippen LogP contribution in [0.1, 0.15) is 35.5 Å². The Morgan fingerprint density at radius 1 is 0.976 bits per heavy atom. The first-order valence-corrected chi connectivity index (χ1v) is 13.6. The van der Waals surface area contributed by atoms with Crippen LogP contribution in [0.4, 0.5) is 29.3 Å². The average Bonchev–Trinajstić information content (AvgIpc) is 3.66. The Morgan fingerprint density at radius 3 is 2.31 bits per heavy atom. The van der Waals surface area contributed by atoms with E-state index < -0.39 is 23.5 Å². The Kier molecular flexibility index (Phi) is 8.36. The van der Waals surface area contributed by atoms with Crippen molar-refractivity contribution in [3.8, 4) is 11.5 Å². The molecule has 2 heterocycles. The molecule has 1 saturated heterocycles. The number of halogens is 3. The van der Waals surface area contributed by atoms with Crippen molar-refractivity contribution in [1.29, 1.82) is 0 Å². The van der Waals surface area contributed by atoms with Crippen LogP contribution in [0.2, 0.25) is 0 Å². The fourth-order valence-electron chi connectivity index (χ4n) is 5.30. The highest BCUT2D eigenvalue weighted by Crippen LogP contribution is 2.35. The molecule has 2 atom stereocenters. The van der Waals surface area contributed by atoms with Gasteiger partial charge in [0.25, 0.3) is 5.91 Å². The summed E-state index contributed by atoms with van der Waals surface area (Å²) in [5, 5.41) is 5.44. The number of alkyl halides is 3. The number of aromatic nitrogens is 1. The number of benzene rings is 2. The van der Waals surface area contributed by atoms with Crippen molar-refractivity contribution >= 4 is 29.3 Å². The molecular weight excluding hydrogens is 555 g/mol.